The van der Waals surface area contributed by atoms with Crippen LogP contribution in [0.3, 0.4) is 0 Å². The smallest absolute Gasteiger partial charge is 0.250 e. The van der Waals surface area contributed by atoms with Gasteiger partial charge in [0.05, 0.1) is 11.9 Å². The Balaban J connectivity index is 1.37. The van der Waals surface area contributed by atoms with E-state index >= 15 is 0 Å². The minimum absolute atomic E-state index is 0.127. The number of hydrogen-bond donors (Lipinski definition) is 1. The van der Waals surface area contributed by atoms with Crippen molar-refractivity contribution in [3.63, 3.8) is 0 Å². The number of rotatable bonds is 7. The van der Waals surface area contributed by atoms with Crippen LogP contribution < -0.4 is 5.73 Å². The van der Waals surface area contributed by atoms with Crippen LogP contribution in [0.2, 0.25) is 0 Å². The molecule has 2 heterocycles. The monoisotopic (exact) mass is 648 g/mol. The Morgan fingerprint density at radius 1 is 0.955 bits per heavy atom. The van der Waals surface area contributed by atoms with Gasteiger partial charge in [-0.25, -0.2) is 0 Å². The molecule has 5 aromatic rings. The molecule has 222 valence electrons. The molecule has 0 aliphatic carbocycles. The molecule has 0 saturated carbocycles. The maximum Gasteiger partial charge on any atom is 0.250 e. The molecule has 3 atom stereocenters. The number of hydrogen-bond acceptors (Lipinski definition) is 4. The highest BCUT2D eigenvalue weighted by Gasteiger charge is 2.43. The number of fused-ring (bicyclic) bond motifs is 2. The second-order valence-corrected chi connectivity index (χ2v) is 12.3. The van der Waals surface area contributed by atoms with Crippen LogP contribution in [0.4, 0.5) is 0 Å². The summed E-state index contributed by atoms with van der Waals surface area (Å²) < 4.78 is 0.794. The van der Waals surface area contributed by atoms with Crippen molar-refractivity contribution < 1.29 is 14.4 Å². The van der Waals surface area contributed by atoms with Gasteiger partial charge < -0.3 is 15.5 Å². The van der Waals surface area contributed by atoms with E-state index in [9.17, 15) is 14.4 Å². The maximum absolute atomic E-state index is 14.6. The summed E-state index contributed by atoms with van der Waals surface area (Å²) >= 11 is 3.54. The molecule has 44 heavy (non-hydrogen) atoms. The van der Waals surface area contributed by atoms with E-state index in [1.165, 1.54) is 0 Å². The Hall–Kier alpha value is -4.56. The predicted octanol–water partition coefficient (Wildman–Crippen LogP) is 5.98. The van der Waals surface area contributed by atoms with Crippen LogP contribution in [0.1, 0.15) is 36.1 Å². The first-order valence-corrected chi connectivity index (χ1v) is 15.6. The lowest BCUT2D eigenvalue weighted by Gasteiger charge is -2.36. The number of nitrogens with two attached hydrogens (primary N) is 1. The van der Waals surface area contributed by atoms with Gasteiger partial charge in [-0.1, -0.05) is 82.7 Å². The first-order valence-electron chi connectivity index (χ1n) is 14.8. The third-order valence-corrected chi connectivity index (χ3v) is 9.02. The topological polar surface area (TPSA) is 96.6 Å². The lowest BCUT2D eigenvalue weighted by Crippen LogP contribution is -2.52. The standard InChI is InChI=1S/C36H33BrN4O3/c1-23-16-18-40(32(35(38)43)22-26-9-4-8-25-7-2-3-13-30(25)26)36(44)34(28-10-5-12-29(37)21-28)41(23)33(42)20-24-14-15-31-27(19-24)11-6-17-39-31/h2-15,17,19,21,23,32,34H,16,18,20,22H2,1H3,(H2,38,43). The Labute approximate surface area is 264 Å². The van der Waals surface area contributed by atoms with Gasteiger partial charge in [-0.05, 0) is 71.1 Å². The van der Waals surface area contributed by atoms with Crippen molar-refractivity contribution in [3.8, 4) is 0 Å². The van der Waals surface area contributed by atoms with Gasteiger partial charge in [-0.2, -0.15) is 0 Å². The van der Waals surface area contributed by atoms with E-state index in [-0.39, 0.29) is 30.7 Å². The van der Waals surface area contributed by atoms with Gasteiger partial charge in [0.15, 0.2) is 0 Å². The van der Waals surface area contributed by atoms with Crippen molar-refractivity contribution >= 4 is 55.3 Å². The zero-order valence-electron chi connectivity index (χ0n) is 24.4. The summed E-state index contributed by atoms with van der Waals surface area (Å²) in [7, 11) is 0. The van der Waals surface area contributed by atoms with Crippen molar-refractivity contribution in [2.45, 2.75) is 44.3 Å². The second-order valence-electron chi connectivity index (χ2n) is 11.4. The predicted molar refractivity (Wildman–Crippen MR) is 176 cm³/mol. The van der Waals surface area contributed by atoms with Gasteiger partial charge in [0.25, 0.3) is 5.91 Å². The molecule has 1 aliphatic rings. The third-order valence-electron chi connectivity index (χ3n) is 8.53. The summed E-state index contributed by atoms with van der Waals surface area (Å²) in [5, 5.41) is 3.02. The van der Waals surface area contributed by atoms with Gasteiger partial charge in [0.2, 0.25) is 11.8 Å². The molecule has 1 saturated heterocycles. The number of pyridine rings is 1. The van der Waals surface area contributed by atoms with Crippen molar-refractivity contribution in [1.82, 2.24) is 14.8 Å². The van der Waals surface area contributed by atoms with Crippen molar-refractivity contribution in [3.05, 3.63) is 124 Å². The van der Waals surface area contributed by atoms with Crippen LogP contribution in [-0.4, -0.2) is 51.1 Å². The molecule has 7 nitrogen and oxygen atoms in total. The molecule has 2 N–H and O–H groups in total. The first-order chi connectivity index (χ1) is 21.3. The molecule has 6 rings (SSSR count). The molecular weight excluding hydrogens is 616 g/mol. The summed E-state index contributed by atoms with van der Waals surface area (Å²) in [4.78, 5) is 49.6. The zero-order valence-corrected chi connectivity index (χ0v) is 26.0. The normalized spacial score (nSPS) is 17.9. The van der Waals surface area contributed by atoms with Crippen LogP contribution in [-0.2, 0) is 27.2 Å². The fourth-order valence-electron chi connectivity index (χ4n) is 6.33. The van der Waals surface area contributed by atoms with E-state index in [1.807, 2.05) is 104 Å². The van der Waals surface area contributed by atoms with Gasteiger partial charge in [-0.3, -0.25) is 19.4 Å². The highest BCUT2D eigenvalue weighted by atomic mass is 79.9. The number of primary amides is 1. The number of benzene rings is 4. The van der Waals surface area contributed by atoms with E-state index in [2.05, 4.69) is 20.9 Å². The summed E-state index contributed by atoms with van der Waals surface area (Å²) in [5.41, 5.74) is 9.34. The largest absolute Gasteiger partial charge is 0.368 e. The van der Waals surface area contributed by atoms with Crippen LogP contribution >= 0.6 is 15.9 Å². The van der Waals surface area contributed by atoms with Crippen molar-refractivity contribution in [2.75, 3.05) is 6.54 Å². The molecule has 0 bridgehead atoms. The quantitative estimate of drug-likeness (QED) is 0.235. The lowest BCUT2D eigenvalue weighted by atomic mass is 9.96. The number of carbonyl (C=O) groups excluding carboxylic acids is 3. The SMILES string of the molecule is CC1CCN(C(Cc2cccc3ccccc23)C(N)=O)C(=O)C(c2cccc(Br)c2)N1C(=O)Cc1ccc2ncccc2c1. The molecule has 0 radical (unpaired) electrons. The Morgan fingerprint density at radius 3 is 2.55 bits per heavy atom. The molecule has 1 aliphatic heterocycles. The molecule has 8 heteroatoms. The molecule has 3 amide bonds. The van der Waals surface area contributed by atoms with Crippen LogP contribution in [0.5, 0.6) is 0 Å². The zero-order chi connectivity index (χ0) is 30.8. The molecule has 3 unspecified atom stereocenters. The number of nitrogens with zero attached hydrogens (tertiary/aromatic N) is 3. The first kappa shape index (κ1) is 29.5. The molecule has 4 aromatic carbocycles. The Kier molecular flexibility index (Phi) is 8.44. The van der Waals surface area contributed by atoms with E-state index < -0.39 is 18.0 Å². The van der Waals surface area contributed by atoms with E-state index in [4.69, 9.17) is 5.73 Å². The van der Waals surface area contributed by atoms with E-state index in [1.54, 1.807) is 16.0 Å². The van der Waals surface area contributed by atoms with Crippen molar-refractivity contribution in [1.29, 1.82) is 0 Å². The highest BCUT2D eigenvalue weighted by Crippen LogP contribution is 2.34. The van der Waals surface area contributed by atoms with Crippen molar-refractivity contribution in [2.24, 2.45) is 5.73 Å². The Morgan fingerprint density at radius 2 is 1.73 bits per heavy atom. The minimum Gasteiger partial charge on any atom is -0.368 e. The summed E-state index contributed by atoms with van der Waals surface area (Å²) in [5.74, 6) is -1.05. The number of aromatic nitrogens is 1. The molecule has 1 aromatic heterocycles. The fraction of sp³-hybridized carbons (Fsp3) is 0.222. The third kappa shape index (κ3) is 5.95. The van der Waals surface area contributed by atoms with Gasteiger partial charge in [-0.15, -0.1) is 0 Å². The molecule has 0 spiro atoms. The van der Waals surface area contributed by atoms with Crippen LogP contribution in [0, 0.1) is 0 Å². The van der Waals surface area contributed by atoms with Gasteiger partial charge >= 0.3 is 0 Å². The molecular formula is C36H33BrN4O3. The van der Waals surface area contributed by atoms with E-state index in [0.717, 1.165) is 37.3 Å². The second kappa shape index (κ2) is 12.6. The summed E-state index contributed by atoms with van der Waals surface area (Å²) in [6.45, 7) is 2.27. The Bertz CT molecular complexity index is 1870. The lowest BCUT2D eigenvalue weighted by molar-refractivity contribution is -0.148. The van der Waals surface area contributed by atoms with Crippen LogP contribution in [0.25, 0.3) is 21.7 Å². The summed E-state index contributed by atoms with van der Waals surface area (Å²) in [6.07, 6.45) is 2.65. The van der Waals surface area contributed by atoms with E-state index in [0.29, 0.717) is 18.5 Å². The number of amides is 3. The molecule has 1 fully saturated rings. The van der Waals surface area contributed by atoms with Gasteiger partial charge in [0, 0.05) is 35.1 Å². The number of halogens is 1. The average molecular weight is 650 g/mol. The van der Waals surface area contributed by atoms with Crippen LogP contribution in [0.15, 0.2) is 108 Å². The maximum atomic E-state index is 14.6. The fourth-order valence-corrected chi connectivity index (χ4v) is 6.75. The summed E-state index contributed by atoms with van der Waals surface area (Å²) in [6, 6.07) is 28.9. The average Bonchev–Trinajstić information content (AvgIpc) is 3.15. The van der Waals surface area contributed by atoms with Gasteiger partial charge in [0.1, 0.15) is 12.1 Å². The number of carbonyl (C=O) groups is 3. The minimum atomic E-state index is -0.922. The highest BCUT2D eigenvalue weighted by molar-refractivity contribution is 9.10.